The van der Waals surface area contributed by atoms with Gasteiger partial charge in [-0.3, -0.25) is 0 Å². The fourth-order valence-electron chi connectivity index (χ4n) is 1.49. The smallest absolute Gasteiger partial charge is 0.232 e. The summed E-state index contributed by atoms with van der Waals surface area (Å²) in [7, 11) is 0. The van der Waals surface area contributed by atoms with Crippen LogP contribution in [0.25, 0.3) is 0 Å². The zero-order valence-corrected chi connectivity index (χ0v) is 11.6. The summed E-state index contributed by atoms with van der Waals surface area (Å²) in [6.07, 6.45) is 2.49. The zero-order valence-electron chi connectivity index (χ0n) is 10.0. The van der Waals surface area contributed by atoms with E-state index in [-0.39, 0.29) is 0 Å². The minimum absolute atomic E-state index is 0.424. The average molecular weight is 284 g/mol. The Morgan fingerprint density at radius 2 is 2.28 bits per heavy atom. The molecule has 0 saturated heterocycles. The molecular weight excluding hydrogens is 270 g/mol. The fourth-order valence-corrected chi connectivity index (χ4v) is 2.50. The van der Waals surface area contributed by atoms with E-state index in [1.807, 2.05) is 12.4 Å². The van der Waals surface area contributed by atoms with Gasteiger partial charge in [-0.25, -0.2) is 9.97 Å². The number of pyridine rings is 1. The fraction of sp³-hybridized carbons (Fsp3) is 0.333. The highest BCUT2D eigenvalue weighted by atomic mass is 35.5. The lowest BCUT2D eigenvalue weighted by Crippen LogP contribution is -2.04. The molecule has 0 atom stereocenters. The predicted octanol–water partition coefficient (Wildman–Crippen LogP) is 2.58. The molecule has 0 radical (unpaired) electrons. The van der Waals surface area contributed by atoms with Gasteiger partial charge in [-0.05, 0) is 18.6 Å². The van der Waals surface area contributed by atoms with Crippen LogP contribution in [0.5, 0.6) is 5.88 Å². The molecule has 2 N–H and O–H groups in total. The summed E-state index contributed by atoms with van der Waals surface area (Å²) >= 11 is 7.68. The molecule has 0 bridgehead atoms. The maximum absolute atomic E-state index is 6.05. The Bertz CT molecular complexity index is 530. The number of nitrogens with two attached hydrogens (primary N) is 1. The van der Waals surface area contributed by atoms with Crippen LogP contribution < -0.4 is 10.5 Å². The summed E-state index contributed by atoms with van der Waals surface area (Å²) in [5.74, 6) is 0.455. The van der Waals surface area contributed by atoms with Gasteiger partial charge in [0.2, 0.25) is 5.88 Å². The van der Waals surface area contributed by atoms with Gasteiger partial charge in [-0.15, -0.1) is 11.3 Å². The van der Waals surface area contributed by atoms with Gasteiger partial charge < -0.3 is 10.5 Å². The van der Waals surface area contributed by atoms with Crippen LogP contribution in [0.2, 0.25) is 5.02 Å². The van der Waals surface area contributed by atoms with Crippen LogP contribution in [0.4, 0.5) is 0 Å². The van der Waals surface area contributed by atoms with Gasteiger partial charge in [-0.1, -0.05) is 11.6 Å². The highest BCUT2D eigenvalue weighted by molar-refractivity contribution is 7.09. The molecule has 0 aromatic carbocycles. The molecule has 4 nitrogen and oxygen atoms in total. The second-order valence-corrected chi connectivity index (χ2v) is 5.14. The van der Waals surface area contributed by atoms with Crippen LogP contribution in [0.15, 0.2) is 17.8 Å². The first-order chi connectivity index (χ1) is 8.70. The lowest BCUT2D eigenvalue weighted by molar-refractivity contribution is 0.310. The maximum Gasteiger partial charge on any atom is 0.232 e. The van der Waals surface area contributed by atoms with Gasteiger partial charge in [0, 0.05) is 24.0 Å². The molecule has 0 fully saturated rings. The maximum atomic E-state index is 6.05. The number of ether oxygens (including phenoxy) is 1. The lowest BCUT2D eigenvalue weighted by Gasteiger charge is -2.07. The van der Waals surface area contributed by atoms with Gasteiger partial charge in [0.25, 0.3) is 0 Å². The molecule has 2 aromatic heterocycles. The van der Waals surface area contributed by atoms with Crippen molar-refractivity contribution in [1.29, 1.82) is 0 Å². The molecule has 0 aliphatic carbocycles. The standard InChI is InChI=1S/C12H14ClN3OS/c1-8-11(18-7-16-8)2-3-17-12-10(13)4-9(5-14)6-15-12/h4,6-7H,2-3,5,14H2,1H3. The molecule has 0 aliphatic heterocycles. The van der Waals surface area contributed by atoms with E-state index in [1.54, 1.807) is 23.6 Å². The summed E-state index contributed by atoms with van der Waals surface area (Å²) in [6.45, 7) is 2.96. The number of halogens is 1. The number of nitrogens with zero attached hydrogens (tertiary/aromatic N) is 2. The minimum atomic E-state index is 0.424. The van der Waals surface area contributed by atoms with E-state index in [9.17, 15) is 0 Å². The van der Waals surface area contributed by atoms with Crippen molar-refractivity contribution < 1.29 is 4.74 Å². The Balaban J connectivity index is 1.92. The molecule has 2 heterocycles. The molecule has 0 unspecified atom stereocenters. The van der Waals surface area contributed by atoms with Crippen molar-refractivity contribution in [2.75, 3.05) is 6.61 Å². The molecule has 0 spiro atoms. The van der Waals surface area contributed by atoms with E-state index in [1.165, 1.54) is 4.88 Å². The molecular formula is C12H14ClN3OS. The first-order valence-electron chi connectivity index (χ1n) is 5.57. The van der Waals surface area contributed by atoms with Gasteiger partial charge in [-0.2, -0.15) is 0 Å². The number of rotatable bonds is 5. The van der Waals surface area contributed by atoms with E-state index in [2.05, 4.69) is 9.97 Å². The zero-order chi connectivity index (χ0) is 13.0. The van der Waals surface area contributed by atoms with Crippen LogP contribution >= 0.6 is 22.9 Å². The van der Waals surface area contributed by atoms with Crippen molar-refractivity contribution in [3.05, 3.63) is 38.9 Å². The Kier molecular flexibility index (Phi) is 4.52. The van der Waals surface area contributed by atoms with Crippen molar-refractivity contribution in [2.24, 2.45) is 5.73 Å². The largest absolute Gasteiger partial charge is 0.476 e. The molecule has 2 rings (SSSR count). The van der Waals surface area contributed by atoms with Crippen LogP contribution in [0.1, 0.15) is 16.1 Å². The molecule has 18 heavy (non-hydrogen) atoms. The summed E-state index contributed by atoms with van der Waals surface area (Å²) in [4.78, 5) is 9.56. The third-order valence-corrected chi connectivity index (χ3v) is 3.78. The number of thiazole rings is 1. The van der Waals surface area contributed by atoms with Crippen molar-refractivity contribution >= 4 is 22.9 Å². The second-order valence-electron chi connectivity index (χ2n) is 3.79. The first kappa shape index (κ1) is 13.3. The molecule has 0 aliphatic rings. The molecule has 0 amide bonds. The summed E-state index contributed by atoms with van der Waals surface area (Å²) in [6, 6.07) is 1.78. The van der Waals surface area contributed by atoms with Crippen LogP contribution in [-0.4, -0.2) is 16.6 Å². The number of aryl methyl sites for hydroxylation is 1. The first-order valence-corrected chi connectivity index (χ1v) is 6.82. The molecule has 2 aromatic rings. The predicted molar refractivity (Wildman–Crippen MR) is 73.2 cm³/mol. The van der Waals surface area contributed by atoms with Gasteiger partial charge in [0.05, 0.1) is 17.8 Å². The minimum Gasteiger partial charge on any atom is -0.476 e. The molecule has 0 saturated carbocycles. The topological polar surface area (TPSA) is 61.0 Å². The van der Waals surface area contributed by atoms with E-state index in [0.29, 0.717) is 24.1 Å². The number of hydrogen-bond donors (Lipinski definition) is 1. The third kappa shape index (κ3) is 3.19. The summed E-state index contributed by atoms with van der Waals surface area (Å²) in [5.41, 5.74) is 9.29. The van der Waals surface area contributed by atoms with Crippen molar-refractivity contribution in [3.8, 4) is 5.88 Å². The van der Waals surface area contributed by atoms with E-state index >= 15 is 0 Å². The normalized spacial score (nSPS) is 10.6. The lowest BCUT2D eigenvalue weighted by atomic mass is 10.3. The number of hydrogen-bond acceptors (Lipinski definition) is 5. The average Bonchev–Trinajstić information content (AvgIpc) is 2.77. The van der Waals surface area contributed by atoms with Gasteiger partial charge in [0.1, 0.15) is 5.02 Å². The van der Waals surface area contributed by atoms with E-state index in [4.69, 9.17) is 22.1 Å². The Morgan fingerprint density at radius 3 is 2.89 bits per heavy atom. The Labute approximate surface area is 115 Å². The highest BCUT2D eigenvalue weighted by Gasteiger charge is 2.06. The van der Waals surface area contributed by atoms with Crippen molar-refractivity contribution in [1.82, 2.24) is 9.97 Å². The van der Waals surface area contributed by atoms with Crippen LogP contribution in [0, 0.1) is 6.92 Å². The Morgan fingerprint density at radius 1 is 1.44 bits per heavy atom. The Hall–Kier alpha value is -1.17. The van der Waals surface area contributed by atoms with Crippen LogP contribution in [-0.2, 0) is 13.0 Å². The van der Waals surface area contributed by atoms with Crippen molar-refractivity contribution in [3.63, 3.8) is 0 Å². The third-order valence-electron chi connectivity index (χ3n) is 2.51. The van der Waals surface area contributed by atoms with Crippen LogP contribution in [0.3, 0.4) is 0 Å². The highest BCUT2D eigenvalue weighted by Crippen LogP contribution is 2.22. The van der Waals surface area contributed by atoms with Gasteiger partial charge >= 0.3 is 0 Å². The molecule has 6 heteroatoms. The quantitative estimate of drug-likeness (QED) is 0.916. The summed E-state index contributed by atoms with van der Waals surface area (Å²) < 4.78 is 5.56. The van der Waals surface area contributed by atoms with E-state index < -0.39 is 0 Å². The SMILES string of the molecule is Cc1ncsc1CCOc1ncc(CN)cc1Cl. The summed E-state index contributed by atoms with van der Waals surface area (Å²) in [5, 5.41) is 0.499. The number of aromatic nitrogens is 2. The van der Waals surface area contributed by atoms with Crippen molar-refractivity contribution in [2.45, 2.75) is 19.9 Å². The van der Waals surface area contributed by atoms with Gasteiger partial charge in [0.15, 0.2) is 0 Å². The molecule has 96 valence electrons. The van der Waals surface area contributed by atoms with E-state index in [0.717, 1.165) is 17.7 Å². The second kappa shape index (κ2) is 6.13. The monoisotopic (exact) mass is 283 g/mol.